The van der Waals surface area contributed by atoms with Gasteiger partial charge in [-0.1, -0.05) is 13.8 Å². The van der Waals surface area contributed by atoms with Crippen molar-refractivity contribution in [2.75, 3.05) is 13.2 Å². The van der Waals surface area contributed by atoms with Crippen molar-refractivity contribution in [3.8, 4) is 0 Å². The van der Waals surface area contributed by atoms with Crippen molar-refractivity contribution >= 4 is 5.91 Å². The van der Waals surface area contributed by atoms with Crippen LogP contribution in [0.2, 0.25) is 0 Å². The first-order valence-corrected chi connectivity index (χ1v) is 6.28. The lowest BCUT2D eigenvalue weighted by Crippen LogP contribution is -2.31. The third-order valence-corrected chi connectivity index (χ3v) is 2.69. The van der Waals surface area contributed by atoms with Gasteiger partial charge in [-0.25, -0.2) is 4.98 Å². The van der Waals surface area contributed by atoms with Crippen molar-refractivity contribution in [1.82, 2.24) is 15.3 Å². The van der Waals surface area contributed by atoms with E-state index < -0.39 is 0 Å². The van der Waals surface area contributed by atoms with Gasteiger partial charge < -0.3 is 10.4 Å². The molecule has 0 saturated carbocycles. The molecule has 1 heterocycles. The van der Waals surface area contributed by atoms with Crippen molar-refractivity contribution in [2.24, 2.45) is 11.8 Å². The molecule has 0 aromatic carbocycles. The van der Waals surface area contributed by atoms with E-state index in [1.165, 1.54) is 18.6 Å². The first-order valence-electron chi connectivity index (χ1n) is 6.28. The predicted octanol–water partition coefficient (Wildman–Crippen LogP) is 1.25. The molecular formula is C13H21N3O2. The highest BCUT2D eigenvalue weighted by Crippen LogP contribution is 2.14. The van der Waals surface area contributed by atoms with E-state index in [1.54, 1.807) is 0 Å². The fourth-order valence-corrected chi connectivity index (χ4v) is 1.90. The summed E-state index contributed by atoms with van der Waals surface area (Å²) in [5.74, 6) is 0.639. The summed E-state index contributed by atoms with van der Waals surface area (Å²) >= 11 is 0. The van der Waals surface area contributed by atoms with E-state index in [2.05, 4.69) is 29.1 Å². The van der Waals surface area contributed by atoms with Gasteiger partial charge in [-0.05, 0) is 24.7 Å². The Morgan fingerprint density at radius 2 is 2.22 bits per heavy atom. The van der Waals surface area contributed by atoms with Crippen molar-refractivity contribution < 1.29 is 9.90 Å². The van der Waals surface area contributed by atoms with E-state index in [-0.39, 0.29) is 12.5 Å². The van der Waals surface area contributed by atoms with Crippen molar-refractivity contribution in [3.05, 3.63) is 24.3 Å². The third kappa shape index (κ3) is 5.23. The maximum atomic E-state index is 11.8. The van der Waals surface area contributed by atoms with Gasteiger partial charge in [0.15, 0.2) is 0 Å². The Kier molecular flexibility index (Phi) is 6.28. The molecule has 0 saturated heterocycles. The van der Waals surface area contributed by atoms with Crippen LogP contribution in [0.4, 0.5) is 0 Å². The summed E-state index contributed by atoms with van der Waals surface area (Å²) in [7, 11) is 0. The van der Waals surface area contributed by atoms with E-state index in [0.717, 1.165) is 6.42 Å². The number of nitrogens with one attached hydrogen (secondary N) is 1. The van der Waals surface area contributed by atoms with Crippen LogP contribution in [-0.2, 0) is 0 Å². The minimum Gasteiger partial charge on any atom is -0.396 e. The van der Waals surface area contributed by atoms with Crippen LogP contribution in [0.5, 0.6) is 0 Å². The standard InChI is InChI=1S/C13H21N3O2/c1-10(2)7-11(3-6-17)8-16-13(18)12-9-14-4-5-15-12/h4-5,9-11,17H,3,6-8H2,1-2H3,(H,16,18). The number of hydrogen-bond donors (Lipinski definition) is 2. The Bertz CT molecular complexity index is 355. The van der Waals surface area contributed by atoms with E-state index >= 15 is 0 Å². The number of aliphatic hydroxyl groups excluding tert-OH is 1. The van der Waals surface area contributed by atoms with Gasteiger partial charge in [0.1, 0.15) is 5.69 Å². The van der Waals surface area contributed by atoms with Crippen LogP contribution in [0.1, 0.15) is 37.2 Å². The Morgan fingerprint density at radius 3 is 2.78 bits per heavy atom. The molecule has 0 bridgehead atoms. The van der Waals surface area contributed by atoms with Gasteiger partial charge in [0, 0.05) is 25.5 Å². The van der Waals surface area contributed by atoms with Gasteiger partial charge in [0.2, 0.25) is 0 Å². The Labute approximate surface area is 108 Å². The molecule has 1 rings (SSSR count). The summed E-state index contributed by atoms with van der Waals surface area (Å²) in [4.78, 5) is 19.6. The van der Waals surface area contributed by atoms with Gasteiger partial charge in [-0.3, -0.25) is 9.78 Å². The minimum absolute atomic E-state index is 0.151. The van der Waals surface area contributed by atoms with Gasteiger partial charge in [-0.15, -0.1) is 0 Å². The molecule has 1 amide bonds. The van der Waals surface area contributed by atoms with Crippen LogP contribution in [-0.4, -0.2) is 34.1 Å². The highest BCUT2D eigenvalue weighted by Gasteiger charge is 2.13. The van der Waals surface area contributed by atoms with E-state index in [4.69, 9.17) is 5.11 Å². The largest absolute Gasteiger partial charge is 0.396 e. The molecule has 0 spiro atoms. The smallest absolute Gasteiger partial charge is 0.271 e. The fourth-order valence-electron chi connectivity index (χ4n) is 1.90. The Hall–Kier alpha value is -1.49. The Balaban J connectivity index is 2.44. The second-order valence-corrected chi connectivity index (χ2v) is 4.81. The molecule has 1 atom stereocenters. The number of nitrogens with zero attached hydrogens (tertiary/aromatic N) is 2. The highest BCUT2D eigenvalue weighted by atomic mass is 16.3. The predicted molar refractivity (Wildman–Crippen MR) is 69.0 cm³/mol. The van der Waals surface area contributed by atoms with Crippen LogP contribution in [0.15, 0.2) is 18.6 Å². The van der Waals surface area contributed by atoms with Crippen LogP contribution in [0.3, 0.4) is 0 Å². The maximum Gasteiger partial charge on any atom is 0.271 e. The zero-order valence-corrected chi connectivity index (χ0v) is 11.0. The van der Waals surface area contributed by atoms with E-state index in [1.807, 2.05) is 0 Å². The molecule has 5 heteroatoms. The molecule has 0 aliphatic heterocycles. The van der Waals surface area contributed by atoms with Crippen LogP contribution < -0.4 is 5.32 Å². The lowest BCUT2D eigenvalue weighted by atomic mass is 9.94. The summed E-state index contributed by atoms with van der Waals surface area (Å²) in [6.07, 6.45) is 6.16. The van der Waals surface area contributed by atoms with Crippen LogP contribution in [0.25, 0.3) is 0 Å². The SMILES string of the molecule is CC(C)CC(CCO)CNC(=O)c1cnccn1. The van der Waals surface area contributed by atoms with Crippen LogP contribution in [0, 0.1) is 11.8 Å². The minimum atomic E-state index is -0.213. The number of carbonyl (C=O) groups is 1. The lowest BCUT2D eigenvalue weighted by Gasteiger charge is -2.18. The number of aliphatic hydroxyl groups is 1. The molecule has 0 aliphatic carbocycles. The van der Waals surface area contributed by atoms with Gasteiger partial charge >= 0.3 is 0 Å². The fraction of sp³-hybridized carbons (Fsp3) is 0.615. The molecular weight excluding hydrogens is 230 g/mol. The van der Waals surface area contributed by atoms with Gasteiger partial charge in [0.25, 0.3) is 5.91 Å². The summed E-state index contributed by atoms with van der Waals surface area (Å²) < 4.78 is 0. The molecule has 5 nitrogen and oxygen atoms in total. The lowest BCUT2D eigenvalue weighted by molar-refractivity contribution is 0.0936. The summed E-state index contributed by atoms with van der Waals surface area (Å²) in [6.45, 7) is 4.98. The van der Waals surface area contributed by atoms with Crippen molar-refractivity contribution in [2.45, 2.75) is 26.7 Å². The van der Waals surface area contributed by atoms with E-state index in [9.17, 15) is 4.79 Å². The highest BCUT2D eigenvalue weighted by molar-refractivity contribution is 5.91. The van der Waals surface area contributed by atoms with E-state index in [0.29, 0.717) is 30.5 Å². The zero-order chi connectivity index (χ0) is 13.4. The van der Waals surface area contributed by atoms with Crippen LogP contribution >= 0.6 is 0 Å². The number of aromatic nitrogens is 2. The number of amides is 1. The topological polar surface area (TPSA) is 75.1 Å². The van der Waals surface area contributed by atoms with Crippen molar-refractivity contribution in [1.29, 1.82) is 0 Å². The number of carbonyl (C=O) groups excluding carboxylic acids is 1. The normalized spacial score (nSPS) is 12.4. The zero-order valence-electron chi connectivity index (χ0n) is 11.0. The monoisotopic (exact) mass is 251 g/mol. The summed E-state index contributed by atoms with van der Waals surface area (Å²) in [5, 5.41) is 11.8. The molecule has 100 valence electrons. The number of hydrogen-bond acceptors (Lipinski definition) is 4. The molecule has 1 unspecified atom stereocenters. The summed E-state index contributed by atoms with van der Waals surface area (Å²) in [5.41, 5.74) is 0.324. The summed E-state index contributed by atoms with van der Waals surface area (Å²) in [6, 6.07) is 0. The Morgan fingerprint density at radius 1 is 1.44 bits per heavy atom. The molecule has 1 aromatic rings. The quantitative estimate of drug-likeness (QED) is 0.765. The average Bonchev–Trinajstić information content (AvgIpc) is 2.36. The number of rotatable bonds is 7. The third-order valence-electron chi connectivity index (χ3n) is 2.69. The molecule has 0 fully saturated rings. The second kappa shape index (κ2) is 7.76. The van der Waals surface area contributed by atoms with Gasteiger partial charge in [0.05, 0.1) is 6.20 Å². The first kappa shape index (κ1) is 14.6. The first-order chi connectivity index (χ1) is 8.63. The molecule has 0 radical (unpaired) electrons. The van der Waals surface area contributed by atoms with Crippen molar-refractivity contribution in [3.63, 3.8) is 0 Å². The van der Waals surface area contributed by atoms with Gasteiger partial charge in [-0.2, -0.15) is 0 Å². The average molecular weight is 251 g/mol. The molecule has 1 aromatic heterocycles. The molecule has 0 aliphatic rings. The molecule has 2 N–H and O–H groups in total. The second-order valence-electron chi connectivity index (χ2n) is 4.81. The molecule has 18 heavy (non-hydrogen) atoms. The maximum absolute atomic E-state index is 11.8.